The number of benzene rings is 1. The number of fused-ring (bicyclic) bond motifs is 5. The molecule has 1 aromatic rings. The summed E-state index contributed by atoms with van der Waals surface area (Å²) in [6, 6.07) is 3.23. The summed E-state index contributed by atoms with van der Waals surface area (Å²) in [6.07, 6.45) is 3.63. The lowest BCUT2D eigenvalue weighted by Gasteiger charge is -2.60. The minimum Gasteiger partial charge on any atom is -0.507 e. The first-order chi connectivity index (χ1) is 16.8. The quantitative estimate of drug-likeness (QED) is 0.574. The Morgan fingerprint density at radius 2 is 1.97 bits per heavy atom. The van der Waals surface area contributed by atoms with Crippen molar-refractivity contribution in [3.63, 3.8) is 0 Å². The van der Waals surface area contributed by atoms with Crippen LogP contribution in [0.5, 0.6) is 5.75 Å². The zero-order valence-corrected chi connectivity index (χ0v) is 21.7. The molecule has 0 aromatic heterocycles. The third-order valence-corrected chi connectivity index (χ3v) is 10.8. The molecule has 4 aliphatic rings. The van der Waals surface area contributed by atoms with E-state index in [9.17, 15) is 23.1 Å². The van der Waals surface area contributed by atoms with Gasteiger partial charge in [0, 0.05) is 17.8 Å². The summed E-state index contributed by atoms with van der Waals surface area (Å²) in [5.41, 5.74) is -0.107. The molecule has 3 fully saturated rings. The predicted octanol–water partition coefficient (Wildman–Crippen LogP) is 4.29. The van der Waals surface area contributed by atoms with Crippen LogP contribution in [0.15, 0.2) is 34.7 Å². The summed E-state index contributed by atoms with van der Waals surface area (Å²) < 4.78 is 45.5. The van der Waals surface area contributed by atoms with E-state index in [0.717, 1.165) is 36.6 Å². The number of ketones is 1. The van der Waals surface area contributed by atoms with Gasteiger partial charge in [-0.15, -0.1) is 0 Å². The number of ether oxygens (including phenoxy) is 1. The van der Waals surface area contributed by atoms with Crippen molar-refractivity contribution in [2.24, 2.45) is 39.6 Å². The van der Waals surface area contributed by atoms with Crippen molar-refractivity contribution in [3.8, 4) is 5.75 Å². The molecule has 1 aromatic carbocycles. The monoisotopic (exact) mass is 519 g/mol. The highest BCUT2D eigenvalue weighted by atomic mass is 32.2. The molecule has 196 valence electrons. The lowest BCUT2D eigenvalue weighted by molar-refractivity contribution is -0.136. The van der Waals surface area contributed by atoms with E-state index in [-0.39, 0.29) is 51.7 Å². The molecule has 3 saturated carbocycles. The maximum atomic E-state index is 16.2. The van der Waals surface area contributed by atoms with Crippen LogP contribution >= 0.6 is 0 Å². The number of aromatic hydroxyl groups is 1. The highest BCUT2D eigenvalue weighted by molar-refractivity contribution is 7.89. The van der Waals surface area contributed by atoms with Gasteiger partial charge in [-0.3, -0.25) is 4.79 Å². The normalized spacial score (nSPS) is 40.0. The number of primary sulfonamides is 1. The number of rotatable bonds is 3. The standard InChI is InChI=1S/C27H34FNO6S/c1-14-10-15-11-16(30)8-9-26(15,2)24-20(28)13-27(3)19(23(14)24)5-7-22(27)35-25(32)18-12-17(36(29,33)34)4-6-21(18)31/h4,6,11-12,14,19-20,22-24,31H,5,7-10,13H2,1-3H3,(H2,29,33,34)/t14-,19?,20+,22+,23?,24?,26+,27+/m1/s1. The summed E-state index contributed by atoms with van der Waals surface area (Å²) in [7, 11) is -4.07. The van der Waals surface area contributed by atoms with Gasteiger partial charge in [0.05, 0.1) is 4.90 Å². The van der Waals surface area contributed by atoms with Gasteiger partial charge in [0.15, 0.2) is 5.78 Å². The summed E-state index contributed by atoms with van der Waals surface area (Å²) in [5, 5.41) is 15.4. The summed E-state index contributed by atoms with van der Waals surface area (Å²) in [6.45, 7) is 6.26. The molecule has 0 saturated heterocycles. The molecule has 8 atom stereocenters. The Hall–Kier alpha value is -2.26. The van der Waals surface area contributed by atoms with Crippen LogP contribution in [0.1, 0.15) is 69.7 Å². The minimum atomic E-state index is -4.07. The Kier molecular flexibility index (Phi) is 5.91. The van der Waals surface area contributed by atoms with Crippen LogP contribution in [-0.2, 0) is 19.6 Å². The molecule has 7 nitrogen and oxygen atoms in total. The number of esters is 1. The van der Waals surface area contributed by atoms with Crippen molar-refractivity contribution < 1.29 is 32.2 Å². The van der Waals surface area contributed by atoms with Crippen molar-refractivity contribution in [1.82, 2.24) is 0 Å². The highest BCUT2D eigenvalue weighted by Gasteiger charge is 2.64. The number of hydrogen-bond acceptors (Lipinski definition) is 6. The fourth-order valence-electron chi connectivity index (χ4n) is 8.13. The van der Waals surface area contributed by atoms with Crippen LogP contribution in [0.3, 0.4) is 0 Å². The topological polar surface area (TPSA) is 124 Å². The van der Waals surface area contributed by atoms with Gasteiger partial charge < -0.3 is 9.84 Å². The molecule has 9 heteroatoms. The fourth-order valence-corrected chi connectivity index (χ4v) is 8.67. The second-order valence-corrected chi connectivity index (χ2v) is 13.4. The predicted molar refractivity (Wildman–Crippen MR) is 130 cm³/mol. The van der Waals surface area contributed by atoms with Crippen LogP contribution < -0.4 is 5.14 Å². The van der Waals surface area contributed by atoms with Crippen LogP contribution in [0.2, 0.25) is 0 Å². The van der Waals surface area contributed by atoms with Gasteiger partial charge in [0.2, 0.25) is 10.0 Å². The number of phenolic OH excluding ortho intramolecular Hbond substituents is 1. The molecule has 0 aliphatic heterocycles. The van der Waals surface area contributed by atoms with Gasteiger partial charge in [-0.25, -0.2) is 22.7 Å². The third-order valence-electron chi connectivity index (χ3n) is 9.89. The van der Waals surface area contributed by atoms with E-state index >= 15 is 4.39 Å². The number of carbonyl (C=O) groups excluding carboxylic acids is 2. The molecule has 4 aliphatic carbocycles. The molecule has 0 bridgehead atoms. The first-order valence-corrected chi connectivity index (χ1v) is 14.2. The number of halogens is 1. The number of sulfonamides is 1. The largest absolute Gasteiger partial charge is 0.507 e. The van der Waals surface area contributed by atoms with E-state index in [2.05, 4.69) is 13.8 Å². The molecular weight excluding hydrogens is 485 g/mol. The van der Waals surface area contributed by atoms with E-state index in [4.69, 9.17) is 9.88 Å². The van der Waals surface area contributed by atoms with Crippen LogP contribution in [0.4, 0.5) is 4.39 Å². The van der Waals surface area contributed by atoms with Crippen LogP contribution in [-0.4, -0.2) is 37.6 Å². The van der Waals surface area contributed by atoms with Gasteiger partial charge in [0.25, 0.3) is 0 Å². The molecular formula is C27H34FNO6S. The fraction of sp³-hybridized carbons (Fsp3) is 0.630. The smallest absolute Gasteiger partial charge is 0.342 e. The highest BCUT2D eigenvalue weighted by Crippen LogP contribution is 2.67. The maximum absolute atomic E-state index is 16.2. The molecule has 0 amide bonds. The Morgan fingerprint density at radius 3 is 2.67 bits per heavy atom. The van der Waals surface area contributed by atoms with Crippen molar-refractivity contribution >= 4 is 21.8 Å². The maximum Gasteiger partial charge on any atom is 0.342 e. The molecule has 0 spiro atoms. The molecule has 3 unspecified atom stereocenters. The lowest BCUT2D eigenvalue weighted by atomic mass is 9.44. The number of carbonyl (C=O) groups is 2. The van der Waals surface area contributed by atoms with Crippen molar-refractivity contribution in [3.05, 3.63) is 35.4 Å². The first-order valence-electron chi connectivity index (χ1n) is 12.7. The average molecular weight is 520 g/mol. The van der Waals surface area contributed by atoms with E-state index < -0.39 is 39.4 Å². The molecule has 0 radical (unpaired) electrons. The van der Waals surface area contributed by atoms with E-state index in [1.165, 1.54) is 0 Å². The minimum absolute atomic E-state index is 0.108. The summed E-state index contributed by atoms with van der Waals surface area (Å²) in [5.74, 6) is -0.829. The van der Waals surface area contributed by atoms with Gasteiger partial charge in [-0.1, -0.05) is 26.3 Å². The van der Waals surface area contributed by atoms with Crippen LogP contribution in [0.25, 0.3) is 0 Å². The average Bonchev–Trinajstić information content (AvgIpc) is 3.09. The van der Waals surface area contributed by atoms with E-state index in [0.29, 0.717) is 19.3 Å². The molecule has 36 heavy (non-hydrogen) atoms. The van der Waals surface area contributed by atoms with Crippen molar-refractivity contribution in [2.75, 3.05) is 0 Å². The SMILES string of the molecule is C[C@@H]1CC2=CC(=O)CC[C@]2(C)C2C1C1CC[C@H](OC(=O)c3cc(S(N)(=O)=O)ccc3O)[C@@]1(C)C[C@@H]2F. The number of allylic oxidation sites excluding steroid dienone is 1. The Bertz CT molecular complexity index is 1260. The number of nitrogens with two attached hydrogens (primary N) is 1. The van der Waals surface area contributed by atoms with Crippen molar-refractivity contribution in [2.45, 2.75) is 76.5 Å². The van der Waals surface area contributed by atoms with Crippen LogP contribution in [0, 0.1) is 34.5 Å². The van der Waals surface area contributed by atoms with Gasteiger partial charge >= 0.3 is 5.97 Å². The lowest BCUT2D eigenvalue weighted by Crippen LogP contribution is -2.58. The second kappa shape index (κ2) is 8.38. The number of phenols is 1. The molecule has 3 N–H and O–H groups in total. The number of hydrogen-bond donors (Lipinski definition) is 2. The Labute approximate surface area is 211 Å². The van der Waals surface area contributed by atoms with E-state index in [1.807, 2.05) is 6.92 Å². The van der Waals surface area contributed by atoms with Crippen molar-refractivity contribution in [1.29, 1.82) is 0 Å². The zero-order valence-electron chi connectivity index (χ0n) is 20.9. The molecule has 5 rings (SSSR count). The Morgan fingerprint density at radius 1 is 1.25 bits per heavy atom. The zero-order chi connectivity index (χ0) is 26.2. The third kappa shape index (κ3) is 3.81. The summed E-state index contributed by atoms with van der Waals surface area (Å²) in [4.78, 5) is 24.9. The van der Waals surface area contributed by atoms with Gasteiger partial charge in [0.1, 0.15) is 23.6 Å². The Balaban J connectivity index is 1.43. The first kappa shape index (κ1) is 25.4. The van der Waals surface area contributed by atoms with Gasteiger partial charge in [-0.2, -0.15) is 0 Å². The summed E-state index contributed by atoms with van der Waals surface area (Å²) >= 11 is 0. The van der Waals surface area contributed by atoms with Gasteiger partial charge in [-0.05, 0) is 79.5 Å². The molecule has 0 heterocycles. The van der Waals surface area contributed by atoms with E-state index in [1.54, 1.807) is 6.08 Å². The number of alkyl halides is 1. The second-order valence-electron chi connectivity index (χ2n) is 11.9.